The Morgan fingerprint density at radius 2 is 1.30 bits per heavy atom. The number of carbonyl (C=O) groups excluding carboxylic acids is 5. The molecule has 0 aliphatic rings. The van der Waals surface area contributed by atoms with E-state index in [4.69, 9.17) is 23.7 Å². The summed E-state index contributed by atoms with van der Waals surface area (Å²) in [5.74, 6) is -1.41. The number of rotatable bonds is 31. The zero-order valence-electron chi connectivity index (χ0n) is 32.4. The maximum absolute atomic E-state index is 13.4. The second-order valence-corrected chi connectivity index (χ2v) is 13.8. The van der Waals surface area contributed by atoms with Crippen molar-refractivity contribution < 1.29 is 47.7 Å². The van der Waals surface area contributed by atoms with Crippen LogP contribution in [0.3, 0.4) is 0 Å². The van der Waals surface area contributed by atoms with E-state index < -0.39 is 23.9 Å². The van der Waals surface area contributed by atoms with Crippen LogP contribution in [0.1, 0.15) is 65.9 Å². The number of ether oxygens (including phenoxy) is 5. The Hall–Kier alpha value is -3.28. The zero-order valence-corrected chi connectivity index (χ0v) is 33.2. The molecule has 302 valence electrons. The van der Waals surface area contributed by atoms with E-state index in [1.807, 2.05) is 6.26 Å². The number of nitrogens with one attached hydrogen (secondary N) is 5. The van der Waals surface area contributed by atoms with Gasteiger partial charge in [-0.15, -0.1) is 0 Å². The number of hydrogen-bond acceptors (Lipinski definition) is 12. The van der Waals surface area contributed by atoms with E-state index in [-0.39, 0.29) is 49.8 Å². The molecule has 16 heteroatoms. The minimum Gasteiger partial charge on any atom is -0.461 e. The number of hydrogen-bond donors (Lipinski definition) is 5. The summed E-state index contributed by atoms with van der Waals surface area (Å²) < 4.78 is 27.2. The van der Waals surface area contributed by atoms with Crippen LogP contribution >= 0.6 is 11.8 Å². The lowest BCUT2D eigenvalue weighted by atomic mass is 10.1. The summed E-state index contributed by atoms with van der Waals surface area (Å²) in [7, 11) is 0. The fourth-order valence-electron chi connectivity index (χ4n) is 4.46. The van der Waals surface area contributed by atoms with Crippen LogP contribution in [-0.2, 0) is 54.3 Å². The highest BCUT2D eigenvalue weighted by atomic mass is 32.2. The monoisotopic (exact) mass is 769 g/mol. The van der Waals surface area contributed by atoms with Crippen LogP contribution < -0.4 is 26.6 Å². The van der Waals surface area contributed by atoms with Gasteiger partial charge in [0.2, 0.25) is 23.6 Å². The van der Waals surface area contributed by atoms with Gasteiger partial charge in [0, 0.05) is 38.2 Å². The van der Waals surface area contributed by atoms with Crippen molar-refractivity contribution in [3.8, 4) is 0 Å². The van der Waals surface area contributed by atoms with Crippen molar-refractivity contribution in [1.82, 2.24) is 21.3 Å². The van der Waals surface area contributed by atoms with Crippen LogP contribution in [0, 0.1) is 5.92 Å². The van der Waals surface area contributed by atoms with E-state index in [0.717, 1.165) is 12.1 Å². The normalized spacial score (nSPS) is 12.3. The van der Waals surface area contributed by atoms with E-state index >= 15 is 0 Å². The Morgan fingerprint density at radius 3 is 1.87 bits per heavy atom. The van der Waals surface area contributed by atoms with Crippen LogP contribution in [0.25, 0.3) is 0 Å². The molecule has 15 nitrogen and oxygen atoms in total. The number of amides is 4. The van der Waals surface area contributed by atoms with Crippen molar-refractivity contribution in [2.45, 2.75) is 85.0 Å². The fourth-order valence-corrected chi connectivity index (χ4v) is 4.94. The summed E-state index contributed by atoms with van der Waals surface area (Å²) in [5, 5.41) is 14.4. The first-order valence-electron chi connectivity index (χ1n) is 18.4. The number of anilines is 1. The fraction of sp³-hybridized carbons (Fsp3) is 0.703. The van der Waals surface area contributed by atoms with E-state index in [1.165, 1.54) is 18.7 Å². The molecule has 0 saturated heterocycles. The molecule has 1 rings (SSSR count). The minimum atomic E-state index is -0.934. The summed E-state index contributed by atoms with van der Waals surface area (Å²) in [4.78, 5) is 62.7. The van der Waals surface area contributed by atoms with E-state index in [1.54, 1.807) is 38.1 Å². The topological polar surface area (TPSA) is 192 Å². The largest absolute Gasteiger partial charge is 0.461 e. The average Bonchev–Trinajstić information content (AvgIpc) is 3.11. The van der Waals surface area contributed by atoms with Gasteiger partial charge in [0.1, 0.15) is 18.7 Å². The molecule has 4 amide bonds. The van der Waals surface area contributed by atoms with Gasteiger partial charge in [-0.05, 0) is 49.0 Å². The van der Waals surface area contributed by atoms with Gasteiger partial charge in [-0.25, -0.2) is 0 Å². The predicted molar refractivity (Wildman–Crippen MR) is 206 cm³/mol. The van der Waals surface area contributed by atoms with Crippen molar-refractivity contribution >= 4 is 47.0 Å². The molecule has 0 aliphatic carbocycles. The van der Waals surface area contributed by atoms with Crippen LogP contribution in [0.15, 0.2) is 24.3 Å². The lowest BCUT2D eigenvalue weighted by molar-refractivity contribution is -0.148. The number of carbonyl (C=O) groups is 5. The summed E-state index contributed by atoms with van der Waals surface area (Å²) in [6, 6.07) is 5.48. The van der Waals surface area contributed by atoms with Crippen molar-refractivity contribution in [3.63, 3.8) is 0 Å². The van der Waals surface area contributed by atoms with Crippen LogP contribution in [0.2, 0.25) is 0 Å². The molecule has 1 aromatic rings. The highest BCUT2D eigenvalue weighted by Crippen LogP contribution is 2.13. The Balaban J connectivity index is 2.55. The van der Waals surface area contributed by atoms with Crippen molar-refractivity contribution in [1.29, 1.82) is 0 Å². The Bertz CT molecular complexity index is 1190. The smallest absolute Gasteiger partial charge is 0.308 e. The molecule has 0 saturated carbocycles. The Kier molecular flexibility index (Phi) is 27.1. The van der Waals surface area contributed by atoms with Crippen LogP contribution in [-0.4, -0.2) is 126 Å². The molecule has 0 spiro atoms. The van der Waals surface area contributed by atoms with Gasteiger partial charge in [0.15, 0.2) is 0 Å². The SMILES string of the molecule is CSCC[C@H](NC(=O)CCOCCOCCOCCOCCNC(C)C)C(=O)N[C@@H](CCCNC(C)=O)C(=O)Nc1ccc(COC(=O)C(C)C)cc1. The van der Waals surface area contributed by atoms with Crippen LogP contribution in [0.5, 0.6) is 0 Å². The minimum absolute atomic E-state index is 0.0478. The molecule has 0 aromatic heterocycles. The standard InChI is InChI=1S/C37H63N5O10S/c1-27(2)37(47)52-26-30-9-11-31(12-10-30)40-35(45)32(8-7-15-39-29(5)43)42-36(46)33(14-25-53-6)41-34(44)13-17-48-19-21-50-23-24-51-22-20-49-18-16-38-28(3)4/h9-12,27-28,32-33,38H,7-8,13-26H2,1-6H3,(H,39,43)(H,40,45)(H,41,44)(H,42,46)/t32-,33-/m0/s1. The Labute approximate surface area is 319 Å². The molecule has 0 fully saturated rings. The molecule has 0 unspecified atom stereocenters. The molecular formula is C37H63N5O10S. The van der Waals surface area contributed by atoms with Gasteiger partial charge in [0.05, 0.1) is 58.8 Å². The maximum atomic E-state index is 13.4. The molecular weight excluding hydrogens is 706 g/mol. The van der Waals surface area contributed by atoms with Gasteiger partial charge in [-0.2, -0.15) is 11.8 Å². The molecule has 1 aromatic carbocycles. The summed E-state index contributed by atoms with van der Waals surface area (Å²) in [6.07, 6.45) is 2.99. The predicted octanol–water partition coefficient (Wildman–Crippen LogP) is 2.42. The number of benzene rings is 1. The van der Waals surface area contributed by atoms with E-state index in [2.05, 4.69) is 40.4 Å². The van der Waals surface area contributed by atoms with Gasteiger partial charge >= 0.3 is 5.97 Å². The highest BCUT2D eigenvalue weighted by Gasteiger charge is 2.26. The molecule has 0 aliphatic heterocycles. The third-order valence-corrected chi connectivity index (χ3v) is 8.05. The lowest BCUT2D eigenvalue weighted by Crippen LogP contribution is -2.53. The number of thioether (sulfide) groups is 1. The summed E-state index contributed by atoms with van der Waals surface area (Å²) >= 11 is 1.53. The van der Waals surface area contributed by atoms with E-state index in [0.29, 0.717) is 83.1 Å². The molecule has 2 atom stereocenters. The van der Waals surface area contributed by atoms with Gasteiger partial charge < -0.3 is 50.3 Å². The molecule has 0 heterocycles. The summed E-state index contributed by atoms with van der Waals surface area (Å²) in [6.45, 7) is 13.7. The third kappa shape index (κ3) is 25.4. The van der Waals surface area contributed by atoms with Crippen molar-refractivity contribution in [3.05, 3.63) is 29.8 Å². The highest BCUT2D eigenvalue weighted by molar-refractivity contribution is 7.98. The Morgan fingerprint density at radius 1 is 0.717 bits per heavy atom. The van der Waals surface area contributed by atoms with Crippen LogP contribution in [0.4, 0.5) is 5.69 Å². The van der Waals surface area contributed by atoms with Gasteiger partial charge in [0.25, 0.3) is 0 Å². The first-order valence-corrected chi connectivity index (χ1v) is 19.8. The molecule has 5 N–H and O–H groups in total. The van der Waals surface area contributed by atoms with Gasteiger partial charge in [-0.1, -0.05) is 39.8 Å². The van der Waals surface area contributed by atoms with Crippen molar-refractivity contribution in [2.24, 2.45) is 5.92 Å². The maximum Gasteiger partial charge on any atom is 0.308 e. The first-order chi connectivity index (χ1) is 25.4. The molecule has 0 radical (unpaired) electrons. The zero-order chi connectivity index (χ0) is 39.3. The van der Waals surface area contributed by atoms with Gasteiger partial charge in [-0.3, -0.25) is 24.0 Å². The first kappa shape index (κ1) is 47.7. The second kappa shape index (κ2) is 30.1. The quantitative estimate of drug-likeness (QED) is 0.0549. The average molecular weight is 770 g/mol. The molecule has 0 bridgehead atoms. The third-order valence-electron chi connectivity index (χ3n) is 7.40. The van der Waals surface area contributed by atoms with E-state index in [9.17, 15) is 24.0 Å². The molecule has 53 heavy (non-hydrogen) atoms. The van der Waals surface area contributed by atoms with Crippen molar-refractivity contribution in [2.75, 3.05) is 83.3 Å². The second-order valence-electron chi connectivity index (χ2n) is 12.8. The number of esters is 1. The lowest BCUT2D eigenvalue weighted by Gasteiger charge is -2.23. The summed E-state index contributed by atoms with van der Waals surface area (Å²) in [5.41, 5.74) is 1.25.